The summed E-state index contributed by atoms with van der Waals surface area (Å²) in [5.41, 5.74) is 4.05. The summed E-state index contributed by atoms with van der Waals surface area (Å²) < 4.78 is 5.89. The Bertz CT molecular complexity index is 906. The lowest BCUT2D eigenvalue weighted by Crippen LogP contribution is -2.47. The number of carbonyl (C=O) groups excluding carboxylic acids is 1. The first-order chi connectivity index (χ1) is 13.9. The second-order valence-corrected chi connectivity index (χ2v) is 8.15. The van der Waals surface area contributed by atoms with Crippen LogP contribution < -0.4 is 10.2 Å². The molecule has 1 saturated heterocycles. The number of nitrogens with one attached hydrogen (secondary N) is 1. The minimum atomic E-state index is -0.0866. The number of hydrogen-bond acceptors (Lipinski definition) is 5. The fourth-order valence-corrected chi connectivity index (χ4v) is 4.23. The van der Waals surface area contributed by atoms with Gasteiger partial charge in [0.1, 0.15) is 11.6 Å². The molecule has 1 aromatic carbocycles. The average molecular weight is 396 g/mol. The number of rotatable bonds is 2. The first-order valence-corrected chi connectivity index (χ1v) is 10.3. The van der Waals surface area contributed by atoms with Gasteiger partial charge in [-0.3, -0.25) is 0 Å². The molecule has 154 valence electrons. The van der Waals surface area contributed by atoms with E-state index >= 15 is 0 Å². The molecule has 2 atom stereocenters. The largest absolute Gasteiger partial charge is 0.372 e. The fourth-order valence-electron chi connectivity index (χ4n) is 4.23. The third kappa shape index (κ3) is 4.34. The number of anilines is 2. The van der Waals surface area contributed by atoms with Crippen molar-refractivity contribution in [1.82, 2.24) is 14.9 Å². The van der Waals surface area contributed by atoms with Gasteiger partial charge in [-0.15, -0.1) is 0 Å². The molecule has 0 saturated carbocycles. The molecular weight excluding hydrogens is 366 g/mol. The van der Waals surface area contributed by atoms with Crippen LogP contribution >= 0.6 is 0 Å². The van der Waals surface area contributed by atoms with Crippen molar-refractivity contribution in [1.29, 1.82) is 0 Å². The van der Waals surface area contributed by atoms with Gasteiger partial charge in [0, 0.05) is 37.3 Å². The lowest BCUT2D eigenvalue weighted by Gasteiger charge is -2.38. The van der Waals surface area contributed by atoms with E-state index in [2.05, 4.69) is 29.0 Å². The molecule has 0 aliphatic carbocycles. The number of morpholine rings is 1. The number of urea groups is 1. The van der Waals surface area contributed by atoms with Gasteiger partial charge < -0.3 is 19.9 Å². The molecule has 1 N–H and O–H groups in total. The fraction of sp³-hybridized carbons (Fsp3) is 0.500. The van der Waals surface area contributed by atoms with Crippen molar-refractivity contribution in [3.05, 3.63) is 46.9 Å². The predicted molar refractivity (Wildman–Crippen MR) is 113 cm³/mol. The molecule has 2 aromatic rings. The molecule has 3 heterocycles. The van der Waals surface area contributed by atoms with Gasteiger partial charge in [-0.1, -0.05) is 12.1 Å². The summed E-state index contributed by atoms with van der Waals surface area (Å²) >= 11 is 0. The highest BCUT2D eigenvalue weighted by molar-refractivity contribution is 5.89. The van der Waals surface area contributed by atoms with E-state index < -0.39 is 0 Å². The third-order valence-electron chi connectivity index (χ3n) is 5.43. The SMILES string of the molecule is Cc1cccc(NC(=O)N2CCc3nc(C)nc(N4CC(C)OC(C)C4)c3C2)c1. The van der Waals surface area contributed by atoms with E-state index in [4.69, 9.17) is 9.72 Å². The zero-order chi connectivity index (χ0) is 20.5. The second-order valence-electron chi connectivity index (χ2n) is 8.15. The van der Waals surface area contributed by atoms with Crippen LogP contribution in [0.5, 0.6) is 0 Å². The Morgan fingerprint density at radius 1 is 1.17 bits per heavy atom. The van der Waals surface area contributed by atoms with Gasteiger partial charge in [0.25, 0.3) is 0 Å². The number of amides is 2. The van der Waals surface area contributed by atoms with Crippen molar-refractivity contribution in [3.63, 3.8) is 0 Å². The first kappa shape index (κ1) is 19.6. The quantitative estimate of drug-likeness (QED) is 0.845. The molecule has 2 amide bonds. The number of benzene rings is 1. The van der Waals surface area contributed by atoms with Crippen LogP contribution in [0.25, 0.3) is 0 Å². The van der Waals surface area contributed by atoms with E-state index in [1.807, 2.05) is 43.0 Å². The molecule has 2 aliphatic rings. The molecule has 2 unspecified atom stereocenters. The summed E-state index contributed by atoms with van der Waals surface area (Å²) in [6.45, 7) is 10.9. The lowest BCUT2D eigenvalue weighted by molar-refractivity contribution is -0.00557. The zero-order valence-corrected chi connectivity index (χ0v) is 17.6. The molecule has 7 nitrogen and oxygen atoms in total. The normalized spacial score (nSPS) is 21.7. The molecule has 7 heteroatoms. The molecular formula is C22H29N5O2. The Hall–Kier alpha value is -2.67. The van der Waals surface area contributed by atoms with E-state index in [0.717, 1.165) is 53.7 Å². The third-order valence-corrected chi connectivity index (χ3v) is 5.43. The van der Waals surface area contributed by atoms with E-state index in [-0.39, 0.29) is 18.2 Å². The Morgan fingerprint density at radius 3 is 2.66 bits per heavy atom. The maximum Gasteiger partial charge on any atom is 0.322 e. The van der Waals surface area contributed by atoms with Gasteiger partial charge in [-0.05, 0) is 45.4 Å². The zero-order valence-electron chi connectivity index (χ0n) is 17.6. The molecule has 1 aromatic heterocycles. The molecule has 29 heavy (non-hydrogen) atoms. The molecule has 0 bridgehead atoms. The highest BCUT2D eigenvalue weighted by Gasteiger charge is 2.30. The Labute approximate surface area is 172 Å². The molecule has 0 radical (unpaired) electrons. The predicted octanol–water partition coefficient (Wildman–Crippen LogP) is 3.30. The second kappa shape index (κ2) is 7.99. The Morgan fingerprint density at radius 2 is 1.93 bits per heavy atom. The number of fused-ring (bicyclic) bond motifs is 1. The topological polar surface area (TPSA) is 70.6 Å². The maximum absolute atomic E-state index is 12.9. The number of ether oxygens (including phenoxy) is 1. The molecule has 1 fully saturated rings. The average Bonchev–Trinajstić information content (AvgIpc) is 2.66. The van der Waals surface area contributed by atoms with E-state index in [1.165, 1.54) is 0 Å². The molecule has 0 spiro atoms. The summed E-state index contributed by atoms with van der Waals surface area (Å²) in [7, 11) is 0. The minimum Gasteiger partial charge on any atom is -0.372 e. The number of carbonyl (C=O) groups is 1. The van der Waals surface area contributed by atoms with E-state index in [1.54, 1.807) is 0 Å². The van der Waals surface area contributed by atoms with Crippen molar-refractivity contribution >= 4 is 17.5 Å². The van der Waals surface area contributed by atoms with E-state index in [0.29, 0.717) is 13.1 Å². The van der Waals surface area contributed by atoms with Gasteiger partial charge in [-0.2, -0.15) is 0 Å². The monoisotopic (exact) mass is 395 g/mol. The standard InChI is InChI=1S/C22H29N5O2/c1-14-6-5-7-18(10-14)25-22(28)26-9-8-20-19(13-26)21(24-17(4)23-20)27-11-15(2)29-16(3)12-27/h5-7,10,15-16H,8-9,11-13H2,1-4H3,(H,25,28). The summed E-state index contributed by atoms with van der Waals surface area (Å²) in [6.07, 6.45) is 1.03. The number of aryl methyl sites for hydroxylation is 2. The van der Waals surface area contributed by atoms with Gasteiger partial charge in [-0.25, -0.2) is 14.8 Å². The minimum absolute atomic E-state index is 0.0866. The van der Waals surface area contributed by atoms with Crippen LogP contribution in [0, 0.1) is 13.8 Å². The van der Waals surface area contributed by atoms with Crippen molar-refractivity contribution in [2.45, 2.75) is 52.9 Å². The van der Waals surface area contributed by atoms with Gasteiger partial charge in [0.05, 0.1) is 24.4 Å². The van der Waals surface area contributed by atoms with Crippen molar-refractivity contribution in [2.24, 2.45) is 0 Å². The van der Waals surface area contributed by atoms with Crippen LogP contribution in [0.1, 0.15) is 36.5 Å². The van der Waals surface area contributed by atoms with Crippen LogP contribution in [0.15, 0.2) is 24.3 Å². The summed E-state index contributed by atoms with van der Waals surface area (Å²) in [4.78, 5) is 26.5. The van der Waals surface area contributed by atoms with E-state index in [9.17, 15) is 4.79 Å². The van der Waals surface area contributed by atoms with Crippen LogP contribution in [0.4, 0.5) is 16.3 Å². The Kier molecular flexibility index (Phi) is 5.41. The smallest absolute Gasteiger partial charge is 0.322 e. The highest BCUT2D eigenvalue weighted by atomic mass is 16.5. The van der Waals surface area contributed by atoms with Crippen LogP contribution in [0.2, 0.25) is 0 Å². The number of hydrogen-bond donors (Lipinski definition) is 1. The van der Waals surface area contributed by atoms with Gasteiger partial charge in [0.15, 0.2) is 0 Å². The highest BCUT2D eigenvalue weighted by Crippen LogP contribution is 2.29. The van der Waals surface area contributed by atoms with Crippen molar-refractivity contribution < 1.29 is 9.53 Å². The molecule has 4 rings (SSSR count). The summed E-state index contributed by atoms with van der Waals surface area (Å²) in [5, 5.41) is 3.02. The van der Waals surface area contributed by atoms with Crippen molar-refractivity contribution in [2.75, 3.05) is 29.9 Å². The van der Waals surface area contributed by atoms with Crippen LogP contribution in [-0.2, 0) is 17.7 Å². The van der Waals surface area contributed by atoms with Crippen molar-refractivity contribution in [3.8, 4) is 0 Å². The number of aromatic nitrogens is 2. The first-order valence-electron chi connectivity index (χ1n) is 10.3. The van der Waals surface area contributed by atoms with Crippen LogP contribution in [-0.4, -0.2) is 52.7 Å². The Balaban J connectivity index is 1.57. The lowest BCUT2D eigenvalue weighted by atomic mass is 10.0. The number of nitrogens with zero attached hydrogens (tertiary/aromatic N) is 4. The van der Waals surface area contributed by atoms with Crippen LogP contribution in [0.3, 0.4) is 0 Å². The van der Waals surface area contributed by atoms with Gasteiger partial charge >= 0.3 is 6.03 Å². The maximum atomic E-state index is 12.9. The van der Waals surface area contributed by atoms with Gasteiger partial charge in [0.2, 0.25) is 0 Å². The molecule has 2 aliphatic heterocycles. The summed E-state index contributed by atoms with van der Waals surface area (Å²) in [5.74, 6) is 1.73. The summed E-state index contributed by atoms with van der Waals surface area (Å²) in [6, 6.07) is 7.77.